The van der Waals surface area contributed by atoms with E-state index in [1.807, 2.05) is 0 Å². The first kappa shape index (κ1) is 14.5. The molecule has 1 N–H and O–H groups in total. The van der Waals surface area contributed by atoms with Crippen molar-refractivity contribution in [3.05, 3.63) is 41.7 Å². The number of rotatable bonds is 3. The van der Waals surface area contributed by atoms with Crippen molar-refractivity contribution >= 4 is 16.2 Å². The van der Waals surface area contributed by atoms with Gasteiger partial charge in [-0.05, 0) is 17.3 Å². The Morgan fingerprint density at radius 2 is 2.05 bits per heavy atom. The number of carboxylic acid groups (broad SMARTS) is 1. The van der Waals surface area contributed by atoms with Crippen LogP contribution in [0.1, 0.15) is 11.3 Å². The van der Waals surface area contributed by atoms with Crippen LogP contribution in [0.25, 0.3) is 0 Å². The SMILES string of the molecule is O=C(O)Oc1noc2c1CN(S(=O)(=O)c1ccccc1)CC2. The van der Waals surface area contributed by atoms with E-state index in [1.165, 1.54) is 16.4 Å². The fourth-order valence-corrected chi connectivity index (χ4v) is 3.70. The van der Waals surface area contributed by atoms with Gasteiger partial charge < -0.3 is 14.4 Å². The summed E-state index contributed by atoms with van der Waals surface area (Å²) in [6, 6.07) is 8.02. The Labute approximate surface area is 125 Å². The average molecular weight is 324 g/mol. The van der Waals surface area contributed by atoms with Crippen LogP contribution in [0.3, 0.4) is 0 Å². The molecule has 0 unspecified atom stereocenters. The molecule has 3 rings (SSSR count). The van der Waals surface area contributed by atoms with E-state index in [0.717, 1.165) is 0 Å². The molecule has 0 spiro atoms. The summed E-state index contributed by atoms with van der Waals surface area (Å²) in [4.78, 5) is 10.8. The van der Waals surface area contributed by atoms with Gasteiger partial charge in [0.2, 0.25) is 10.0 Å². The zero-order valence-corrected chi connectivity index (χ0v) is 12.1. The lowest BCUT2D eigenvalue weighted by Crippen LogP contribution is -2.35. The Balaban J connectivity index is 1.91. The van der Waals surface area contributed by atoms with Gasteiger partial charge in [-0.15, -0.1) is 0 Å². The van der Waals surface area contributed by atoms with E-state index < -0.39 is 16.2 Å². The molecule has 0 radical (unpaired) electrons. The quantitative estimate of drug-likeness (QED) is 0.851. The minimum absolute atomic E-state index is 0.0430. The summed E-state index contributed by atoms with van der Waals surface area (Å²) in [5.41, 5.74) is 0.341. The van der Waals surface area contributed by atoms with E-state index in [4.69, 9.17) is 9.63 Å². The van der Waals surface area contributed by atoms with E-state index in [-0.39, 0.29) is 23.9 Å². The summed E-state index contributed by atoms with van der Waals surface area (Å²) < 4.78 is 35.9. The van der Waals surface area contributed by atoms with Gasteiger partial charge in [-0.2, -0.15) is 4.31 Å². The number of aromatic nitrogens is 1. The molecule has 0 aliphatic carbocycles. The predicted octanol–water partition coefficient (Wildman–Crippen LogP) is 1.48. The number of carbonyl (C=O) groups is 1. The molecule has 9 heteroatoms. The van der Waals surface area contributed by atoms with Crippen molar-refractivity contribution in [3.8, 4) is 5.88 Å². The van der Waals surface area contributed by atoms with Gasteiger partial charge in [-0.25, -0.2) is 13.2 Å². The molecule has 1 aromatic heterocycles. The van der Waals surface area contributed by atoms with Gasteiger partial charge in [0.1, 0.15) is 5.76 Å². The van der Waals surface area contributed by atoms with Crippen LogP contribution in [0.5, 0.6) is 5.88 Å². The van der Waals surface area contributed by atoms with Gasteiger partial charge in [-0.1, -0.05) is 18.2 Å². The van der Waals surface area contributed by atoms with E-state index in [1.54, 1.807) is 18.2 Å². The molecule has 1 aliphatic rings. The molecular weight excluding hydrogens is 312 g/mol. The van der Waals surface area contributed by atoms with Crippen LogP contribution in [0.2, 0.25) is 0 Å². The Morgan fingerprint density at radius 1 is 1.32 bits per heavy atom. The van der Waals surface area contributed by atoms with Gasteiger partial charge in [-0.3, -0.25) is 0 Å². The highest BCUT2D eigenvalue weighted by atomic mass is 32.2. The van der Waals surface area contributed by atoms with Crippen LogP contribution in [-0.4, -0.2) is 35.7 Å². The predicted molar refractivity (Wildman–Crippen MR) is 72.9 cm³/mol. The van der Waals surface area contributed by atoms with Crippen molar-refractivity contribution in [2.45, 2.75) is 17.9 Å². The first-order chi connectivity index (χ1) is 10.5. The molecule has 2 heterocycles. The summed E-state index contributed by atoms with van der Waals surface area (Å²) in [5, 5.41) is 12.2. The highest BCUT2D eigenvalue weighted by Gasteiger charge is 2.33. The second kappa shape index (κ2) is 5.43. The fraction of sp³-hybridized carbons (Fsp3) is 0.231. The lowest BCUT2D eigenvalue weighted by Gasteiger charge is -2.25. The van der Waals surface area contributed by atoms with Crippen LogP contribution in [-0.2, 0) is 23.0 Å². The van der Waals surface area contributed by atoms with Crippen LogP contribution >= 0.6 is 0 Å². The summed E-state index contributed by atoms with van der Waals surface area (Å²) in [6.07, 6.45) is -1.23. The smallest absolute Gasteiger partial charge is 0.449 e. The maximum absolute atomic E-state index is 12.6. The van der Waals surface area contributed by atoms with Crippen molar-refractivity contribution in [3.63, 3.8) is 0 Å². The molecule has 0 atom stereocenters. The molecule has 1 aliphatic heterocycles. The highest BCUT2D eigenvalue weighted by molar-refractivity contribution is 7.89. The number of ether oxygens (including phenoxy) is 1. The third-order valence-electron chi connectivity index (χ3n) is 3.32. The van der Waals surface area contributed by atoms with E-state index in [2.05, 4.69) is 9.89 Å². The van der Waals surface area contributed by atoms with Crippen LogP contribution in [0, 0.1) is 0 Å². The third kappa shape index (κ3) is 2.55. The van der Waals surface area contributed by atoms with Gasteiger partial charge in [0.15, 0.2) is 0 Å². The van der Waals surface area contributed by atoms with Crippen molar-refractivity contribution in [1.29, 1.82) is 0 Å². The molecule has 116 valence electrons. The molecule has 1 aromatic carbocycles. The lowest BCUT2D eigenvalue weighted by atomic mass is 10.1. The number of sulfonamides is 1. The summed E-state index contributed by atoms with van der Waals surface area (Å²) >= 11 is 0. The molecule has 2 aromatic rings. The molecule has 22 heavy (non-hydrogen) atoms. The minimum atomic E-state index is -3.67. The van der Waals surface area contributed by atoms with Crippen molar-refractivity contribution < 1.29 is 27.6 Å². The van der Waals surface area contributed by atoms with Crippen molar-refractivity contribution in [2.75, 3.05) is 6.54 Å². The molecule has 0 fully saturated rings. The fourth-order valence-electron chi connectivity index (χ4n) is 2.27. The molecule has 0 saturated carbocycles. The first-order valence-corrected chi connectivity index (χ1v) is 7.86. The maximum Gasteiger partial charge on any atom is 0.512 e. The molecule has 0 amide bonds. The summed E-state index contributed by atoms with van der Waals surface area (Å²) in [5.74, 6) is 0.228. The zero-order valence-electron chi connectivity index (χ0n) is 11.3. The number of hydrogen-bond donors (Lipinski definition) is 1. The largest absolute Gasteiger partial charge is 0.512 e. The highest BCUT2D eigenvalue weighted by Crippen LogP contribution is 2.30. The first-order valence-electron chi connectivity index (χ1n) is 6.42. The summed E-state index contributed by atoms with van der Waals surface area (Å²) in [6.45, 7) is 0.185. The molecule has 8 nitrogen and oxygen atoms in total. The Bertz CT molecular complexity index is 799. The van der Waals surface area contributed by atoms with Crippen LogP contribution < -0.4 is 4.74 Å². The number of benzene rings is 1. The summed E-state index contributed by atoms with van der Waals surface area (Å²) in [7, 11) is -3.67. The van der Waals surface area contributed by atoms with Gasteiger partial charge in [0.05, 0.1) is 10.5 Å². The average Bonchev–Trinajstić information content (AvgIpc) is 2.90. The third-order valence-corrected chi connectivity index (χ3v) is 5.18. The monoisotopic (exact) mass is 324 g/mol. The van der Waals surface area contributed by atoms with Crippen LogP contribution in [0.15, 0.2) is 39.8 Å². The zero-order chi connectivity index (χ0) is 15.7. The minimum Gasteiger partial charge on any atom is -0.449 e. The number of nitrogens with zero attached hydrogens (tertiary/aromatic N) is 2. The van der Waals surface area contributed by atoms with E-state index >= 15 is 0 Å². The molecule has 0 saturated heterocycles. The van der Waals surface area contributed by atoms with Gasteiger partial charge in [0, 0.05) is 19.5 Å². The van der Waals surface area contributed by atoms with Crippen molar-refractivity contribution in [2.24, 2.45) is 0 Å². The second-order valence-electron chi connectivity index (χ2n) is 4.66. The van der Waals surface area contributed by atoms with Gasteiger partial charge in [0.25, 0.3) is 5.88 Å². The number of hydrogen-bond acceptors (Lipinski definition) is 6. The Kier molecular flexibility index (Phi) is 3.59. The standard InChI is InChI=1S/C13H12N2O6S/c16-13(17)20-12-10-8-15(7-6-11(10)21-14-12)22(18,19)9-4-2-1-3-5-9/h1-5H,6-8H2,(H,16,17). The van der Waals surface area contributed by atoms with Crippen LogP contribution in [0.4, 0.5) is 4.79 Å². The number of fused-ring (bicyclic) bond motifs is 1. The topological polar surface area (TPSA) is 110 Å². The Morgan fingerprint density at radius 3 is 2.73 bits per heavy atom. The van der Waals surface area contributed by atoms with Crippen molar-refractivity contribution in [1.82, 2.24) is 9.46 Å². The Hall–Kier alpha value is -2.39. The maximum atomic E-state index is 12.6. The van der Waals surface area contributed by atoms with E-state index in [9.17, 15) is 13.2 Å². The normalized spacial score (nSPS) is 15.3. The van der Waals surface area contributed by atoms with E-state index in [0.29, 0.717) is 17.7 Å². The van der Waals surface area contributed by atoms with Gasteiger partial charge >= 0.3 is 6.16 Å². The lowest BCUT2D eigenvalue weighted by molar-refractivity contribution is 0.140. The molecular formula is C13H12N2O6S. The molecule has 0 bridgehead atoms. The second-order valence-corrected chi connectivity index (χ2v) is 6.60.